The van der Waals surface area contributed by atoms with Gasteiger partial charge in [0.25, 0.3) is 0 Å². The molecule has 0 spiro atoms. The lowest BCUT2D eigenvalue weighted by Gasteiger charge is -2.07. The lowest BCUT2D eigenvalue weighted by Crippen LogP contribution is -2.25. The maximum Gasteiger partial charge on any atom is 0.220 e. The molecule has 25 heavy (non-hydrogen) atoms. The molecule has 5 heteroatoms. The third kappa shape index (κ3) is 4.76. The summed E-state index contributed by atoms with van der Waals surface area (Å²) in [4.78, 5) is 11.9. The highest BCUT2D eigenvalue weighted by Gasteiger charge is 2.05. The van der Waals surface area contributed by atoms with Crippen LogP contribution in [0, 0.1) is 5.82 Å². The fraction of sp³-hybridized carbons (Fsp3) is 0.200. The lowest BCUT2D eigenvalue weighted by atomic mass is 10.1. The van der Waals surface area contributed by atoms with E-state index in [2.05, 4.69) is 10.4 Å². The second-order valence-electron chi connectivity index (χ2n) is 5.81. The molecule has 0 radical (unpaired) electrons. The quantitative estimate of drug-likeness (QED) is 0.719. The number of halogens is 1. The topological polar surface area (TPSA) is 46.9 Å². The van der Waals surface area contributed by atoms with Crippen molar-refractivity contribution in [3.63, 3.8) is 0 Å². The van der Waals surface area contributed by atoms with E-state index in [1.165, 1.54) is 6.07 Å². The number of carbonyl (C=O) groups is 1. The number of aromatic nitrogens is 2. The van der Waals surface area contributed by atoms with Gasteiger partial charge in [-0.3, -0.25) is 4.79 Å². The molecule has 0 fully saturated rings. The molecule has 1 heterocycles. The van der Waals surface area contributed by atoms with Crippen molar-refractivity contribution in [2.24, 2.45) is 0 Å². The number of nitrogens with one attached hydrogen (secondary N) is 1. The minimum Gasteiger partial charge on any atom is -0.356 e. The zero-order chi connectivity index (χ0) is 17.5. The maximum absolute atomic E-state index is 13.5. The maximum atomic E-state index is 13.5. The molecule has 4 nitrogen and oxygen atoms in total. The summed E-state index contributed by atoms with van der Waals surface area (Å²) in [5.41, 5.74) is 2.72. The first-order valence-electron chi connectivity index (χ1n) is 8.31. The number of aryl methyl sites for hydroxylation is 1. The van der Waals surface area contributed by atoms with E-state index in [1.807, 2.05) is 36.5 Å². The van der Waals surface area contributed by atoms with Crippen molar-refractivity contribution in [2.45, 2.75) is 19.3 Å². The molecule has 0 unspecified atom stereocenters. The molecular formula is C20H20FN3O. The molecule has 0 atom stereocenters. The minimum atomic E-state index is -0.257. The molecule has 0 saturated heterocycles. The Morgan fingerprint density at radius 3 is 2.56 bits per heavy atom. The van der Waals surface area contributed by atoms with Crippen molar-refractivity contribution in [3.8, 4) is 5.69 Å². The van der Waals surface area contributed by atoms with Gasteiger partial charge in [0.1, 0.15) is 5.82 Å². The van der Waals surface area contributed by atoms with Crippen LogP contribution in [0.25, 0.3) is 5.69 Å². The molecule has 0 bridgehead atoms. The number of hydrogen-bond acceptors (Lipinski definition) is 2. The SMILES string of the molecule is O=C(CCc1ccccc1F)NCCc1ccc(-n2cccn2)cc1. The monoisotopic (exact) mass is 337 g/mol. The van der Waals surface area contributed by atoms with Gasteiger partial charge in [0, 0.05) is 25.4 Å². The zero-order valence-corrected chi connectivity index (χ0v) is 13.9. The van der Waals surface area contributed by atoms with Crippen molar-refractivity contribution in [1.82, 2.24) is 15.1 Å². The largest absolute Gasteiger partial charge is 0.356 e. The normalized spacial score (nSPS) is 10.6. The molecule has 1 N–H and O–H groups in total. The van der Waals surface area contributed by atoms with Crippen molar-refractivity contribution < 1.29 is 9.18 Å². The van der Waals surface area contributed by atoms with Gasteiger partial charge >= 0.3 is 0 Å². The van der Waals surface area contributed by atoms with Gasteiger partial charge < -0.3 is 5.32 Å². The van der Waals surface area contributed by atoms with Crippen molar-refractivity contribution >= 4 is 5.91 Å². The van der Waals surface area contributed by atoms with E-state index >= 15 is 0 Å². The van der Waals surface area contributed by atoms with Crippen LogP contribution in [-0.4, -0.2) is 22.2 Å². The van der Waals surface area contributed by atoms with Crippen LogP contribution >= 0.6 is 0 Å². The molecule has 0 aliphatic heterocycles. The second kappa shape index (κ2) is 8.24. The fourth-order valence-electron chi connectivity index (χ4n) is 2.62. The molecule has 128 valence electrons. The minimum absolute atomic E-state index is 0.0589. The lowest BCUT2D eigenvalue weighted by molar-refractivity contribution is -0.121. The molecule has 0 aliphatic rings. The highest BCUT2D eigenvalue weighted by atomic mass is 19.1. The highest BCUT2D eigenvalue weighted by Crippen LogP contribution is 2.10. The summed E-state index contributed by atoms with van der Waals surface area (Å²) in [7, 11) is 0. The van der Waals surface area contributed by atoms with Gasteiger partial charge in [0.05, 0.1) is 5.69 Å². The first-order valence-corrected chi connectivity index (χ1v) is 8.31. The predicted octanol–water partition coefficient (Wildman–Crippen LogP) is 3.30. The fourth-order valence-corrected chi connectivity index (χ4v) is 2.62. The van der Waals surface area contributed by atoms with Crippen molar-refractivity contribution in [3.05, 3.63) is 83.9 Å². The van der Waals surface area contributed by atoms with E-state index < -0.39 is 0 Å². The molecule has 2 aromatic carbocycles. The van der Waals surface area contributed by atoms with Gasteiger partial charge in [-0.05, 0) is 48.2 Å². The number of rotatable bonds is 7. The molecular weight excluding hydrogens is 317 g/mol. The van der Waals surface area contributed by atoms with E-state index in [4.69, 9.17) is 0 Å². The Morgan fingerprint density at radius 1 is 1.04 bits per heavy atom. The van der Waals surface area contributed by atoms with Crippen LogP contribution in [0.2, 0.25) is 0 Å². The Hall–Kier alpha value is -2.95. The molecule has 1 amide bonds. The molecule has 0 aliphatic carbocycles. The van der Waals surface area contributed by atoms with E-state index in [0.29, 0.717) is 24.9 Å². The van der Waals surface area contributed by atoms with Gasteiger partial charge in [0.15, 0.2) is 0 Å². The summed E-state index contributed by atoms with van der Waals surface area (Å²) in [6.45, 7) is 0.567. The summed E-state index contributed by atoms with van der Waals surface area (Å²) < 4.78 is 15.3. The van der Waals surface area contributed by atoms with E-state index in [-0.39, 0.29) is 11.7 Å². The number of carbonyl (C=O) groups excluding carboxylic acids is 1. The van der Waals surface area contributed by atoms with Gasteiger partial charge in [-0.15, -0.1) is 0 Å². The standard InChI is InChI=1S/C20H20FN3O/c21-19-5-2-1-4-17(19)8-11-20(25)22-14-12-16-6-9-18(10-7-16)24-15-3-13-23-24/h1-7,9-10,13,15H,8,11-12,14H2,(H,22,25). The number of hydrogen-bond donors (Lipinski definition) is 1. The highest BCUT2D eigenvalue weighted by molar-refractivity contribution is 5.76. The Morgan fingerprint density at radius 2 is 1.84 bits per heavy atom. The average Bonchev–Trinajstić information content (AvgIpc) is 3.16. The number of benzene rings is 2. The van der Waals surface area contributed by atoms with Gasteiger partial charge in [-0.2, -0.15) is 5.10 Å². The summed E-state index contributed by atoms with van der Waals surface area (Å²) in [5, 5.41) is 7.07. The smallest absolute Gasteiger partial charge is 0.220 e. The van der Waals surface area contributed by atoms with Crippen molar-refractivity contribution in [1.29, 1.82) is 0 Å². The van der Waals surface area contributed by atoms with E-state index in [9.17, 15) is 9.18 Å². The molecule has 0 saturated carbocycles. The molecule has 3 rings (SSSR count). The third-order valence-corrected chi connectivity index (χ3v) is 4.02. The third-order valence-electron chi connectivity index (χ3n) is 4.02. The predicted molar refractivity (Wildman–Crippen MR) is 95.0 cm³/mol. The van der Waals surface area contributed by atoms with Gasteiger partial charge in [-0.1, -0.05) is 30.3 Å². The second-order valence-corrected chi connectivity index (χ2v) is 5.81. The number of amides is 1. The van der Waals surface area contributed by atoms with Gasteiger partial charge in [0.2, 0.25) is 5.91 Å². The van der Waals surface area contributed by atoms with Crippen LogP contribution in [0.4, 0.5) is 4.39 Å². The Balaban J connectivity index is 1.42. The Labute approximate surface area is 146 Å². The van der Waals surface area contributed by atoms with Crippen LogP contribution in [0.1, 0.15) is 17.5 Å². The summed E-state index contributed by atoms with van der Waals surface area (Å²) in [5.74, 6) is -0.316. The average molecular weight is 337 g/mol. The van der Waals surface area contributed by atoms with Crippen LogP contribution in [0.5, 0.6) is 0 Å². The Bertz CT molecular complexity index is 813. The number of nitrogens with zero attached hydrogens (tertiary/aromatic N) is 2. The van der Waals surface area contributed by atoms with E-state index in [1.54, 1.807) is 29.1 Å². The summed E-state index contributed by atoms with van der Waals surface area (Å²) in [6, 6.07) is 16.5. The summed E-state index contributed by atoms with van der Waals surface area (Å²) in [6.07, 6.45) is 5.09. The molecule has 1 aromatic heterocycles. The first kappa shape index (κ1) is 16.9. The van der Waals surface area contributed by atoms with Gasteiger partial charge in [-0.25, -0.2) is 9.07 Å². The van der Waals surface area contributed by atoms with Crippen LogP contribution in [-0.2, 0) is 17.6 Å². The van der Waals surface area contributed by atoms with Crippen LogP contribution in [0.3, 0.4) is 0 Å². The van der Waals surface area contributed by atoms with Crippen LogP contribution in [0.15, 0.2) is 67.0 Å². The van der Waals surface area contributed by atoms with Crippen LogP contribution < -0.4 is 5.32 Å². The zero-order valence-electron chi connectivity index (χ0n) is 13.9. The first-order chi connectivity index (χ1) is 12.2. The van der Waals surface area contributed by atoms with E-state index in [0.717, 1.165) is 17.7 Å². The summed E-state index contributed by atoms with van der Waals surface area (Å²) >= 11 is 0. The van der Waals surface area contributed by atoms with Crippen molar-refractivity contribution in [2.75, 3.05) is 6.54 Å². The Kier molecular flexibility index (Phi) is 5.57. The molecule has 3 aromatic rings.